The topological polar surface area (TPSA) is 143 Å². The van der Waals surface area contributed by atoms with Crippen LogP contribution in [-0.4, -0.2) is 139 Å². The first kappa shape index (κ1) is 36.9. The summed E-state index contributed by atoms with van der Waals surface area (Å²) in [7, 11) is -3.20. The van der Waals surface area contributed by atoms with E-state index in [2.05, 4.69) is 42.1 Å². The fourth-order valence-electron chi connectivity index (χ4n) is 7.47. The molecule has 6 rings (SSSR count). The molecule has 0 spiro atoms. The van der Waals surface area contributed by atoms with Crippen LogP contribution in [0.2, 0.25) is 0 Å². The molecule has 2 aromatic carbocycles. The second-order valence-electron chi connectivity index (χ2n) is 13.5. The van der Waals surface area contributed by atoms with Gasteiger partial charge in [0.2, 0.25) is 10.0 Å². The number of phenolic OH excluding ortho intramolecular Hbond substituents is 1. The van der Waals surface area contributed by atoms with Crippen LogP contribution in [0, 0.1) is 0 Å². The number of urea groups is 1. The summed E-state index contributed by atoms with van der Waals surface area (Å²) in [5.74, 6) is -0.238. The summed E-state index contributed by atoms with van der Waals surface area (Å²) >= 11 is 6.73. The number of nitrogens with one attached hydrogen (secondary N) is 1. The summed E-state index contributed by atoms with van der Waals surface area (Å²) in [5.41, 5.74) is 2.64. The van der Waals surface area contributed by atoms with Gasteiger partial charge in [0.25, 0.3) is 5.91 Å². The molecular weight excluding hydrogens is 796 g/mol. The van der Waals surface area contributed by atoms with Gasteiger partial charge in [-0.05, 0) is 93.3 Å². The number of hydrogen-bond acceptors (Lipinski definition) is 8. The van der Waals surface area contributed by atoms with Crippen LogP contribution in [0.25, 0.3) is 0 Å². The molecule has 0 bridgehead atoms. The fraction of sp³-hybridized carbons (Fsp3) is 0.559. The Labute approximate surface area is 310 Å². The van der Waals surface area contributed by atoms with Gasteiger partial charge in [0.05, 0.1) is 15.2 Å². The Morgan fingerprint density at radius 3 is 2.16 bits per heavy atom. The molecule has 0 saturated carbocycles. The van der Waals surface area contributed by atoms with Crippen molar-refractivity contribution < 1.29 is 32.6 Å². The Kier molecular flexibility index (Phi) is 11.6. The average Bonchev–Trinajstić information content (AvgIpc) is 3.27. The van der Waals surface area contributed by atoms with E-state index in [1.54, 1.807) is 21.9 Å². The number of para-hydroxylation sites is 1. The minimum absolute atomic E-state index is 0.0209. The van der Waals surface area contributed by atoms with Crippen LogP contribution in [0.15, 0.2) is 45.3 Å². The van der Waals surface area contributed by atoms with Crippen molar-refractivity contribution in [2.24, 2.45) is 0 Å². The van der Waals surface area contributed by atoms with Gasteiger partial charge in [-0.25, -0.2) is 22.3 Å². The maximum absolute atomic E-state index is 14.0. The monoisotopic (exact) mass is 838 g/mol. The van der Waals surface area contributed by atoms with Crippen LogP contribution >= 0.6 is 31.9 Å². The fourth-order valence-corrected chi connectivity index (χ4v) is 9.63. The summed E-state index contributed by atoms with van der Waals surface area (Å²) < 4.78 is 32.3. The highest BCUT2D eigenvalue weighted by molar-refractivity contribution is 9.11. The maximum Gasteiger partial charge on any atom is 0.410 e. The number of aromatic hydroxyl groups is 1. The van der Waals surface area contributed by atoms with E-state index < -0.39 is 22.2 Å². The van der Waals surface area contributed by atoms with E-state index in [0.717, 1.165) is 30.5 Å². The SMILES string of the molecule is CS(=O)(=O)N1CCC(N2CCN(C(=O)C(Cc3cc(Br)c(O)c(Br)c3)OC(=O)N3CCC(N4CCc5ccccc5NC4=O)CC3)CC2)CC1. The van der Waals surface area contributed by atoms with Crippen molar-refractivity contribution in [1.29, 1.82) is 0 Å². The van der Waals surface area contributed by atoms with E-state index >= 15 is 0 Å². The van der Waals surface area contributed by atoms with Crippen LogP contribution < -0.4 is 5.32 Å². The van der Waals surface area contributed by atoms with Gasteiger partial charge in [0.1, 0.15) is 5.75 Å². The van der Waals surface area contributed by atoms with Gasteiger partial charge in [-0.3, -0.25) is 9.69 Å². The highest BCUT2D eigenvalue weighted by atomic mass is 79.9. The number of carbonyl (C=O) groups is 3. The van der Waals surface area contributed by atoms with Gasteiger partial charge in [-0.1, -0.05) is 18.2 Å². The molecule has 4 heterocycles. The summed E-state index contributed by atoms with van der Waals surface area (Å²) in [6.07, 6.45) is 3.16. The van der Waals surface area contributed by atoms with Crippen molar-refractivity contribution >= 4 is 65.6 Å². The van der Waals surface area contributed by atoms with Gasteiger partial charge in [0.15, 0.2) is 6.10 Å². The number of nitrogens with zero attached hydrogens (tertiary/aromatic N) is 5. The minimum atomic E-state index is -3.20. The van der Waals surface area contributed by atoms with Crippen LogP contribution in [0.5, 0.6) is 5.75 Å². The highest BCUT2D eigenvalue weighted by Gasteiger charge is 2.37. The van der Waals surface area contributed by atoms with Crippen molar-refractivity contribution in [3.05, 3.63) is 56.5 Å². The number of fused-ring (bicyclic) bond motifs is 1. The van der Waals surface area contributed by atoms with Crippen LogP contribution in [0.4, 0.5) is 15.3 Å². The molecule has 4 aliphatic rings. The summed E-state index contributed by atoms with van der Waals surface area (Å²) in [6, 6.07) is 11.3. The van der Waals surface area contributed by atoms with E-state index in [1.807, 2.05) is 29.2 Å². The molecule has 1 unspecified atom stereocenters. The number of sulfonamides is 1. The summed E-state index contributed by atoms with van der Waals surface area (Å²) in [5, 5.41) is 13.3. The van der Waals surface area contributed by atoms with Crippen molar-refractivity contribution in [2.45, 2.75) is 56.7 Å². The van der Waals surface area contributed by atoms with Gasteiger partial charge >= 0.3 is 12.1 Å². The number of anilines is 1. The lowest BCUT2D eigenvalue weighted by Gasteiger charge is -2.43. The zero-order chi connectivity index (χ0) is 35.6. The third-order valence-corrected chi connectivity index (χ3v) is 12.9. The molecule has 272 valence electrons. The molecule has 0 radical (unpaired) electrons. The first-order chi connectivity index (χ1) is 23.9. The molecule has 4 aliphatic heterocycles. The Bertz CT molecular complexity index is 1670. The van der Waals surface area contributed by atoms with E-state index in [4.69, 9.17) is 4.74 Å². The molecular formula is C34H44Br2N6O7S. The number of halogens is 2. The molecule has 2 N–H and O–H groups in total. The number of rotatable bonds is 7. The molecule has 0 aromatic heterocycles. The van der Waals surface area contributed by atoms with Crippen molar-refractivity contribution in [1.82, 2.24) is 23.9 Å². The quantitative estimate of drug-likeness (QED) is 0.425. The second kappa shape index (κ2) is 15.8. The molecule has 2 aromatic rings. The number of amides is 4. The third-order valence-electron chi connectivity index (χ3n) is 10.4. The van der Waals surface area contributed by atoms with E-state index in [1.165, 1.54) is 10.6 Å². The molecule has 3 fully saturated rings. The van der Waals surface area contributed by atoms with Crippen LogP contribution in [-0.2, 0) is 32.4 Å². The standard InChI is InChI=1S/C34H44Br2N6O7S/c1-50(47,48)41-13-9-25(10-14-41)38-16-18-39(19-17-38)32(44)30(22-23-20-27(35)31(43)28(36)21-23)49-34(46)40-11-7-26(8-12-40)42-15-6-24-4-2-3-5-29(24)37-33(42)45/h2-5,20-21,25-26,30,43H,6-19,22H2,1H3,(H,37,45). The van der Waals surface area contributed by atoms with Gasteiger partial charge in [0, 0.05) is 83.1 Å². The van der Waals surface area contributed by atoms with E-state index in [9.17, 15) is 27.9 Å². The van der Waals surface area contributed by atoms with Gasteiger partial charge in [-0.2, -0.15) is 0 Å². The highest BCUT2D eigenvalue weighted by Crippen LogP contribution is 2.34. The maximum atomic E-state index is 14.0. The van der Waals surface area contributed by atoms with E-state index in [-0.39, 0.29) is 36.2 Å². The Morgan fingerprint density at radius 2 is 1.52 bits per heavy atom. The first-order valence-electron chi connectivity index (χ1n) is 17.1. The number of carbonyl (C=O) groups excluding carboxylic acids is 3. The van der Waals surface area contributed by atoms with Crippen LogP contribution in [0.1, 0.15) is 36.8 Å². The Balaban J connectivity index is 1.07. The lowest BCUT2D eigenvalue weighted by atomic mass is 10.0. The van der Waals surface area contributed by atoms with E-state index in [0.29, 0.717) is 86.3 Å². The first-order valence-corrected chi connectivity index (χ1v) is 20.6. The second-order valence-corrected chi connectivity index (χ2v) is 17.2. The predicted octanol–water partition coefficient (Wildman–Crippen LogP) is 4.09. The summed E-state index contributed by atoms with van der Waals surface area (Å²) in [6.45, 7) is 4.61. The Hall–Kier alpha value is -2.92. The van der Waals surface area contributed by atoms with Crippen molar-refractivity contribution in [3.8, 4) is 5.75 Å². The molecule has 13 nitrogen and oxygen atoms in total. The Morgan fingerprint density at radius 1 is 0.900 bits per heavy atom. The number of benzene rings is 2. The van der Waals surface area contributed by atoms with Gasteiger partial charge < -0.3 is 29.9 Å². The predicted molar refractivity (Wildman–Crippen MR) is 196 cm³/mol. The lowest BCUT2D eigenvalue weighted by molar-refractivity contribution is -0.143. The molecule has 50 heavy (non-hydrogen) atoms. The zero-order valence-electron chi connectivity index (χ0n) is 28.1. The normalized spacial score (nSPS) is 20.9. The third kappa shape index (κ3) is 8.57. The van der Waals surface area contributed by atoms with Gasteiger partial charge in [-0.15, -0.1) is 0 Å². The number of phenols is 1. The molecule has 4 amide bonds. The lowest BCUT2D eigenvalue weighted by Crippen LogP contribution is -2.57. The minimum Gasteiger partial charge on any atom is -0.506 e. The average molecular weight is 841 g/mol. The molecule has 0 aliphatic carbocycles. The molecule has 3 saturated heterocycles. The number of ether oxygens (including phenoxy) is 1. The number of likely N-dealkylation sites (tertiary alicyclic amines) is 1. The smallest absolute Gasteiger partial charge is 0.410 e. The zero-order valence-corrected chi connectivity index (χ0v) is 32.1. The molecule has 1 atom stereocenters. The molecule has 16 heteroatoms. The largest absolute Gasteiger partial charge is 0.506 e. The van der Waals surface area contributed by atoms with Crippen molar-refractivity contribution in [2.75, 3.05) is 70.5 Å². The number of piperidine rings is 2. The summed E-state index contributed by atoms with van der Waals surface area (Å²) in [4.78, 5) is 48.3. The van der Waals surface area contributed by atoms with Crippen LogP contribution in [0.3, 0.4) is 0 Å². The number of hydrogen-bond donors (Lipinski definition) is 2. The number of piperazine rings is 1. The van der Waals surface area contributed by atoms with Crippen molar-refractivity contribution in [3.63, 3.8) is 0 Å².